The summed E-state index contributed by atoms with van der Waals surface area (Å²) in [6, 6.07) is 31.9. The molecule has 4 heteroatoms. The second kappa shape index (κ2) is 9.80. The normalized spacial score (nSPS) is 17.3. The fourth-order valence-electron chi connectivity index (χ4n) is 5.72. The van der Waals surface area contributed by atoms with Crippen LogP contribution in [0.4, 0.5) is 22.7 Å². The van der Waals surface area contributed by atoms with Gasteiger partial charge in [-0.2, -0.15) is 0 Å². The monoisotopic (exact) mass is 523 g/mol. The maximum atomic E-state index is 12.8. The Labute approximate surface area is 236 Å². The molecule has 4 nitrogen and oxygen atoms in total. The van der Waals surface area contributed by atoms with Gasteiger partial charge in [-0.05, 0) is 73.5 Å². The molecule has 4 aromatic carbocycles. The van der Waals surface area contributed by atoms with Crippen LogP contribution in [0.5, 0.6) is 0 Å². The third-order valence-electron chi connectivity index (χ3n) is 8.04. The van der Waals surface area contributed by atoms with Gasteiger partial charge >= 0.3 is 0 Å². The van der Waals surface area contributed by atoms with Gasteiger partial charge in [-0.3, -0.25) is 9.79 Å². The first-order valence-corrected chi connectivity index (χ1v) is 13.7. The van der Waals surface area contributed by atoms with Crippen LogP contribution >= 0.6 is 0 Å². The number of nitrogens with zero attached hydrogens (tertiary/aromatic N) is 3. The van der Waals surface area contributed by atoms with Gasteiger partial charge in [0, 0.05) is 52.7 Å². The van der Waals surface area contributed by atoms with Crippen LogP contribution in [0, 0.1) is 13.8 Å². The number of hydrogen-bond donors (Lipinski definition) is 0. The molecule has 6 rings (SSSR count). The van der Waals surface area contributed by atoms with Crippen LogP contribution in [0.3, 0.4) is 0 Å². The quantitative estimate of drug-likeness (QED) is 0.269. The lowest BCUT2D eigenvalue weighted by Gasteiger charge is -2.27. The SMILES string of the molecule is Cc1ccc(N(c2ccc(C)cc2)c2ccc3c(c2)C(C)(C)/C(=C/N=C2C(=O)C=Cc4ccccc42)N3C)cc1. The molecular formula is C36H33N3O. The van der Waals surface area contributed by atoms with Gasteiger partial charge in [0.2, 0.25) is 5.78 Å². The minimum atomic E-state index is -0.316. The maximum Gasteiger partial charge on any atom is 0.204 e. The number of ketones is 1. The highest BCUT2D eigenvalue weighted by Crippen LogP contribution is 2.49. The van der Waals surface area contributed by atoms with Crippen LogP contribution in [-0.2, 0) is 10.2 Å². The second-order valence-corrected chi connectivity index (χ2v) is 11.2. The number of anilines is 4. The zero-order valence-corrected chi connectivity index (χ0v) is 23.6. The summed E-state index contributed by atoms with van der Waals surface area (Å²) >= 11 is 0. The molecule has 0 amide bonds. The molecule has 0 spiro atoms. The lowest BCUT2D eigenvalue weighted by molar-refractivity contribution is -0.108. The number of allylic oxidation sites excluding steroid dienone is 2. The number of aryl methyl sites for hydroxylation is 2. The molecule has 0 saturated carbocycles. The molecule has 0 saturated heterocycles. The Balaban J connectivity index is 1.43. The number of benzene rings is 4. The van der Waals surface area contributed by atoms with E-state index in [0.717, 1.165) is 39.6 Å². The van der Waals surface area contributed by atoms with Gasteiger partial charge < -0.3 is 9.80 Å². The summed E-state index contributed by atoms with van der Waals surface area (Å²) in [4.78, 5) is 22.1. The predicted molar refractivity (Wildman–Crippen MR) is 167 cm³/mol. The smallest absolute Gasteiger partial charge is 0.204 e. The van der Waals surface area contributed by atoms with Crippen LogP contribution in [0.1, 0.15) is 41.7 Å². The summed E-state index contributed by atoms with van der Waals surface area (Å²) in [6.07, 6.45) is 5.34. The highest BCUT2D eigenvalue weighted by Gasteiger charge is 2.39. The molecule has 198 valence electrons. The summed E-state index contributed by atoms with van der Waals surface area (Å²) in [5.74, 6) is -0.0688. The highest BCUT2D eigenvalue weighted by molar-refractivity contribution is 6.52. The van der Waals surface area contributed by atoms with Crippen molar-refractivity contribution in [2.24, 2.45) is 4.99 Å². The van der Waals surface area contributed by atoms with Crippen molar-refractivity contribution < 1.29 is 4.79 Å². The number of hydrogen-bond acceptors (Lipinski definition) is 4. The molecule has 1 aliphatic heterocycles. The lowest BCUT2D eigenvalue weighted by atomic mass is 9.84. The van der Waals surface area contributed by atoms with Crippen molar-refractivity contribution in [1.29, 1.82) is 0 Å². The van der Waals surface area contributed by atoms with Gasteiger partial charge in [0.15, 0.2) is 0 Å². The summed E-state index contributed by atoms with van der Waals surface area (Å²) in [7, 11) is 2.08. The van der Waals surface area contributed by atoms with Gasteiger partial charge in [-0.15, -0.1) is 0 Å². The number of likely N-dealkylation sites (N-methyl/N-ethyl adjacent to an activating group) is 1. The van der Waals surface area contributed by atoms with E-state index in [4.69, 9.17) is 4.99 Å². The Morgan fingerprint density at radius 2 is 1.38 bits per heavy atom. The molecule has 1 aliphatic carbocycles. The van der Waals surface area contributed by atoms with Crippen molar-refractivity contribution in [3.05, 3.63) is 137 Å². The van der Waals surface area contributed by atoms with E-state index in [9.17, 15) is 4.79 Å². The standard InChI is InChI=1S/C36H33N3O/c1-24-10-15-27(16-11-24)39(28-17-12-25(2)13-18-28)29-19-20-32-31(22-29)36(3,4)34(38(32)5)23-37-35-30-9-7-6-8-26(30)14-21-33(35)40/h6-23H,1-5H3/b34-23-,37-35?. The van der Waals surface area contributed by atoms with Crippen molar-refractivity contribution in [2.45, 2.75) is 33.1 Å². The Morgan fingerprint density at radius 1 is 0.775 bits per heavy atom. The van der Waals surface area contributed by atoms with Crippen LogP contribution in [0.2, 0.25) is 0 Å². The molecule has 2 aliphatic rings. The summed E-state index contributed by atoms with van der Waals surface area (Å²) in [5.41, 5.74) is 11.3. The van der Waals surface area contributed by atoms with E-state index in [1.165, 1.54) is 16.7 Å². The number of fused-ring (bicyclic) bond motifs is 2. The number of carbonyl (C=O) groups is 1. The Bertz CT molecular complexity index is 1660. The molecule has 40 heavy (non-hydrogen) atoms. The highest BCUT2D eigenvalue weighted by atomic mass is 16.1. The number of aliphatic imine (C=N–C) groups is 1. The molecule has 0 unspecified atom stereocenters. The lowest BCUT2D eigenvalue weighted by Crippen LogP contribution is -2.23. The largest absolute Gasteiger partial charge is 0.346 e. The first kappa shape index (κ1) is 25.6. The van der Waals surface area contributed by atoms with Crippen molar-refractivity contribution in [3.63, 3.8) is 0 Å². The van der Waals surface area contributed by atoms with Crippen LogP contribution in [0.15, 0.2) is 114 Å². The number of carbonyl (C=O) groups excluding carboxylic acids is 1. The van der Waals surface area contributed by atoms with Gasteiger partial charge in [0.05, 0.1) is 0 Å². The third-order valence-corrected chi connectivity index (χ3v) is 8.04. The van der Waals surface area contributed by atoms with E-state index in [0.29, 0.717) is 5.71 Å². The molecule has 1 heterocycles. The van der Waals surface area contributed by atoms with Crippen LogP contribution in [0.25, 0.3) is 6.08 Å². The van der Waals surface area contributed by atoms with E-state index < -0.39 is 0 Å². The Hall–Kier alpha value is -4.70. The maximum absolute atomic E-state index is 12.8. The average Bonchev–Trinajstić information content (AvgIpc) is 3.14. The van der Waals surface area contributed by atoms with E-state index >= 15 is 0 Å². The zero-order valence-electron chi connectivity index (χ0n) is 23.6. The first-order valence-electron chi connectivity index (χ1n) is 13.7. The van der Waals surface area contributed by atoms with E-state index in [1.54, 1.807) is 6.08 Å². The van der Waals surface area contributed by atoms with Crippen molar-refractivity contribution in [1.82, 2.24) is 0 Å². The molecule has 0 bridgehead atoms. The molecule has 0 fully saturated rings. The fourth-order valence-corrected chi connectivity index (χ4v) is 5.72. The van der Waals surface area contributed by atoms with Crippen LogP contribution < -0.4 is 9.80 Å². The summed E-state index contributed by atoms with van der Waals surface area (Å²) in [5, 5.41) is 0. The zero-order chi connectivity index (χ0) is 28.0. The average molecular weight is 524 g/mol. The van der Waals surface area contributed by atoms with E-state index in [1.807, 2.05) is 36.5 Å². The molecule has 0 N–H and O–H groups in total. The van der Waals surface area contributed by atoms with Gasteiger partial charge in [-0.1, -0.05) is 79.6 Å². The van der Waals surface area contributed by atoms with Crippen molar-refractivity contribution in [2.75, 3.05) is 16.8 Å². The number of rotatable bonds is 4. The summed E-state index contributed by atoms with van der Waals surface area (Å²) < 4.78 is 0. The van der Waals surface area contributed by atoms with E-state index in [2.05, 4.69) is 111 Å². The van der Waals surface area contributed by atoms with Crippen molar-refractivity contribution >= 4 is 40.3 Å². The fraction of sp³-hybridized carbons (Fsp3) is 0.167. The Morgan fingerprint density at radius 3 is 2.02 bits per heavy atom. The topological polar surface area (TPSA) is 35.9 Å². The van der Waals surface area contributed by atoms with Gasteiger partial charge in [-0.25, -0.2) is 0 Å². The van der Waals surface area contributed by atoms with Gasteiger partial charge in [0.25, 0.3) is 0 Å². The summed E-state index contributed by atoms with van der Waals surface area (Å²) in [6.45, 7) is 8.68. The predicted octanol–water partition coefficient (Wildman–Crippen LogP) is 8.43. The minimum Gasteiger partial charge on any atom is -0.346 e. The molecule has 0 atom stereocenters. The van der Waals surface area contributed by atoms with Crippen LogP contribution in [-0.4, -0.2) is 18.5 Å². The third kappa shape index (κ3) is 4.36. The van der Waals surface area contributed by atoms with E-state index in [-0.39, 0.29) is 11.2 Å². The molecular weight excluding hydrogens is 490 g/mol. The Kier molecular flexibility index (Phi) is 6.26. The minimum absolute atomic E-state index is 0.0688. The van der Waals surface area contributed by atoms with Gasteiger partial charge in [0.1, 0.15) is 5.71 Å². The molecule has 0 aromatic heterocycles. The molecule has 4 aromatic rings. The second-order valence-electron chi connectivity index (χ2n) is 11.2. The van der Waals surface area contributed by atoms with Crippen molar-refractivity contribution in [3.8, 4) is 0 Å². The molecule has 0 radical (unpaired) electrons. The first-order chi connectivity index (χ1) is 19.2.